The molecule has 0 aliphatic heterocycles. The number of carbonyl (C=O) groups is 1. The lowest BCUT2D eigenvalue weighted by atomic mass is 9.86. The van der Waals surface area contributed by atoms with Crippen LogP contribution in [0.3, 0.4) is 0 Å². The summed E-state index contributed by atoms with van der Waals surface area (Å²) in [6.07, 6.45) is 1.14. The molecule has 1 aromatic rings. The maximum Gasteiger partial charge on any atom is 0.342 e. The molecule has 1 aromatic carbocycles. The highest BCUT2D eigenvalue weighted by Crippen LogP contribution is 2.22. The zero-order chi connectivity index (χ0) is 11.5. The van der Waals surface area contributed by atoms with Crippen LogP contribution in [0.15, 0.2) is 37.1 Å². The number of rotatable bonds is 2. The van der Waals surface area contributed by atoms with E-state index in [9.17, 15) is 4.79 Å². The second-order valence-electron chi connectivity index (χ2n) is 4.40. The minimum absolute atomic E-state index is 0.0322. The largest absolute Gasteiger partial charge is 0.432 e. The quantitative estimate of drug-likeness (QED) is 0.546. The zero-order valence-corrected chi connectivity index (χ0v) is 9.41. The van der Waals surface area contributed by atoms with Gasteiger partial charge in [0, 0.05) is 0 Å². The molecule has 0 aliphatic carbocycles. The molecule has 0 atom stereocenters. The number of benzene rings is 1. The Morgan fingerprint density at radius 3 is 2.60 bits per heavy atom. The van der Waals surface area contributed by atoms with Gasteiger partial charge in [0.15, 0.2) is 0 Å². The molecule has 0 aromatic heterocycles. The third-order valence-corrected chi connectivity index (χ3v) is 2.15. The highest BCUT2D eigenvalue weighted by Gasteiger charge is 2.15. The van der Waals surface area contributed by atoms with Crippen molar-refractivity contribution >= 4 is 5.97 Å². The van der Waals surface area contributed by atoms with E-state index in [2.05, 4.69) is 27.4 Å². The molecule has 0 saturated carbocycles. The van der Waals surface area contributed by atoms with Crippen molar-refractivity contribution in [1.82, 2.24) is 0 Å². The predicted molar refractivity (Wildman–Crippen MR) is 60.8 cm³/mol. The minimum Gasteiger partial charge on any atom is -0.432 e. The molecule has 1 rings (SSSR count). The summed E-state index contributed by atoms with van der Waals surface area (Å²) < 4.78 is 4.72. The predicted octanol–water partition coefficient (Wildman–Crippen LogP) is 3.28. The molecule has 2 nitrogen and oxygen atoms in total. The van der Waals surface area contributed by atoms with Crippen LogP contribution in [-0.4, -0.2) is 5.97 Å². The van der Waals surface area contributed by atoms with E-state index in [0.717, 1.165) is 11.8 Å². The Morgan fingerprint density at radius 1 is 1.40 bits per heavy atom. The minimum atomic E-state index is -0.365. The summed E-state index contributed by atoms with van der Waals surface area (Å²) in [6, 6.07) is 7.46. The first-order chi connectivity index (χ1) is 6.95. The SMILES string of the molecule is C=COC(=O)c1cccc(C(C)(C)C)c1. The van der Waals surface area contributed by atoms with Gasteiger partial charge in [-0.2, -0.15) is 0 Å². The third kappa shape index (κ3) is 2.94. The van der Waals surface area contributed by atoms with Crippen molar-refractivity contribution in [3.8, 4) is 0 Å². The normalized spacial score (nSPS) is 10.9. The van der Waals surface area contributed by atoms with Crippen LogP contribution < -0.4 is 0 Å². The molecule has 2 heteroatoms. The highest BCUT2D eigenvalue weighted by atomic mass is 16.5. The molecule has 0 fully saturated rings. The summed E-state index contributed by atoms with van der Waals surface area (Å²) in [4.78, 5) is 11.4. The van der Waals surface area contributed by atoms with Gasteiger partial charge in [-0.05, 0) is 23.1 Å². The van der Waals surface area contributed by atoms with E-state index in [1.807, 2.05) is 18.2 Å². The van der Waals surface area contributed by atoms with E-state index in [0.29, 0.717) is 5.56 Å². The number of ether oxygens (including phenoxy) is 1. The van der Waals surface area contributed by atoms with Gasteiger partial charge in [-0.15, -0.1) is 0 Å². The number of carbonyl (C=O) groups excluding carboxylic acids is 1. The van der Waals surface area contributed by atoms with E-state index >= 15 is 0 Å². The molecule has 80 valence electrons. The molecule has 0 aliphatic rings. The van der Waals surface area contributed by atoms with Crippen LogP contribution >= 0.6 is 0 Å². The van der Waals surface area contributed by atoms with Gasteiger partial charge < -0.3 is 4.74 Å². The Kier molecular flexibility index (Phi) is 3.30. The second kappa shape index (κ2) is 4.30. The van der Waals surface area contributed by atoms with Gasteiger partial charge in [0.2, 0.25) is 0 Å². The Bertz CT molecular complexity index is 372. The second-order valence-corrected chi connectivity index (χ2v) is 4.40. The maximum absolute atomic E-state index is 11.4. The fourth-order valence-corrected chi connectivity index (χ4v) is 1.26. The van der Waals surface area contributed by atoms with Crippen LogP contribution in [0.4, 0.5) is 0 Å². The molecule has 0 spiro atoms. The fraction of sp³-hybridized carbons (Fsp3) is 0.308. The Labute approximate surface area is 90.6 Å². The summed E-state index contributed by atoms with van der Waals surface area (Å²) in [7, 11) is 0. The van der Waals surface area contributed by atoms with Crippen LogP contribution in [0.25, 0.3) is 0 Å². The van der Waals surface area contributed by atoms with Crippen LogP contribution in [0, 0.1) is 0 Å². The lowest BCUT2D eigenvalue weighted by molar-refractivity contribution is 0.0664. The molecule has 0 bridgehead atoms. The van der Waals surface area contributed by atoms with Crippen molar-refractivity contribution in [2.45, 2.75) is 26.2 Å². The van der Waals surface area contributed by atoms with Crippen molar-refractivity contribution in [3.05, 3.63) is 48.2 Å². The van der Waals surface area contributed by atoms with Crippen molar-refractivity contribution in [2.24, 2.45) is 0 Å². The first-order valence-corrected chi connectivity index (χ1v) is 4.87. The lowest BCUT2D eigenvalue weighted by Crippen LogP contribution is -2.12. The van der Waals surface area contributed by atoms with Crippen LogP contribution in [-0.2, 0) is 10.2 Å². The average Bonchev–Trinajstić information content (AvgIpc) is 2.17. The van der Waals surface area contributed by atoms with E-state index < -0.39 is 0 Å². The molecule has 0 unspecified atom stereocenters. The summed E-state index contributed by atoms with van der Waals surface area (Å²) >= 11 is 0. The Morgan fingerprint density at radius 2 is 2.07 bits per heavy atom. The summed E-state index contributed by atoms with van der Waals surface area (Å²) in [5.74, 6) is -0.365. The monoisotopic (exact) mass is 204 g/mol. The highest BCUT2D eigenvalue weighted by molar-refractivity contribution is 5.90. The Hall–Kier alpha value is -1.57. The molecule has 0 N–H and O–H groups in total. The first-order valence-electron chi connectivity index (χ1n) is 4.87. The number of hydrogen-bond donors (Lipinski definition) is 0. The van der Waals surface area contributed by atoms with E-state index in [1.54, 1.807) is 6.07 Å². The number of esters is 1. The lowest BCUT2D eigenvalue weighted by Gasteiger charge is -2.19. The van der Waals surface area contributed by atoms with Gasteiger partial charge in [-0.3, -0.25) is 0 Å². The van der Waals surface area contributed by atoms with Crippen molar-refractivity contribution in [1.29, 1.82) is 0 Å². The summed E-state index contributed by atoms with van der Waals surface area (Å²) in [6.45, 7) is 9.66. The maximum atomic E-state index is 11.4. The molecule has 0 heterocycles. The topological polar surface area (TPSA) is 26.3 Å². The van der Waals surface area contributed by atoms with E-state index in [1.165, 1.54) is 0 Å². The van der Waals surface area contributed by atoms with E-state index in [4.69, 9.17) is 4.74 Å². The molecular formula is C13H16O2. The fourth-order valence-electron chi connectivity index (χ4n) is 1.26. The molecule has 0 amide bonds. The van der Waals surface area contributed by atoms with Crippen LogP contribution in [0.2, 0.25) is 0 Å². The third-order valence-electron chi connectivity index (χ3n) is 2.15. The van der Waals surface area contributed by atoms with Crippen LogP contribution in [0.5, 0.6) is 0 Å². The Balaban J connectivity index is 3.03. The molecule has 0 saturated heterocycles. The van der Waals surface area contributed by atoms with E-state index in [-0.39, 0.29) is 11.4 Å². The zero-order valence-electron chi connectivity index (χ0n) is 9.41. The average molecular weight is 204 g/mol. The molecule has 15 heavy (non-hydrogen) atoms. The van der Waals surface area contributed by atoms with Gasteiger partial charge in [-0.25, -0.2) is 4.79 Å². The van der Waals surface area contributed by atoms with Gasteiger partial charge >= 0.3 is 5.97 Å². The van der Waals surface area contributed by atoms with Crippen molar-refractivity contribution < 1.29 is 9.53 Å². The van der Waals surface area contributed by atoms with Gasteiger partial charge in [0.05, 0.1) is 11.8 Å². The first kappa shape index (κ1) is 11.5. The molecule has 0 radical (unpaired) electrons. The summed E-state index contributed by atoms with van der Waals surface area (Å²) in [5.41, 5.74) is 1.70. The van der Waals surface area contributed by atoms with Gasteiger partial charge in [0.25, 0.3) is 0 Å². The standard InChI is InChI=1S/C13H16O2/c1-5-15-12(14)10-7-6-8-11(9-10)13(2,3)4/h5-9H,1H2,2-4H3. The van der Waals surface area contributed by atoms with Crippen LogP contribution in [0.1, 0.15) is 36.7 Å². The van der Waals surface area contributed by atoms with Gasteiger partial charge in [-0.1, -0.05) is 39.5 Å². The van der Waals surface area contributed by atoms with Crippen molar-refractivity contribution in [2.75, 3.05) is 0 Å². The smallest absolute Gasteiger partial charge is 0.342 e. The number of hydrogen-bond acceptors (Lipinski definition) is 2. The van der Waals surface area contributed by atoms with Crippen molar-refractivity contribution in [3.63, 3.8) is 0 Å². The van der Waals surface area contributed by atoms with Gasteiger partial charge in [0.1, 0.15) is 0 Å². The summed E-state index contributed by atoms with van der Waals surface area (Å²) in [5, 5.41) is 0. The molecular weight excluding hydrogens is 188 g/mol.